The fraction of sp³-hybridized carbons (Fsp3) is 0.400. The van der Waals surface area contributed by atoms with Crippen LogP contribution in [0.25, 0.3) is 0 Å². The molecule has 182 valence electrons. The van der Waals surface area contributed by atoms with E-state index in [1.54, 1.807) is 13.8 Å². The summed E-state index contributed by atoms with van der Waals surface area (Å²) >= 11 is 0. The van der Waals surface area contributed by atoms with Crippen LogP contribution in [0.5, 0.6) is 0 Å². The summed E-state index contributed by atoms with van der Waals surface area (Å²) in [6.45, 7) is 5.69. The number of benzene rings is 1. The van der Waals surface area contributed by atoms with E-state index in [2.05, 4.69) is 20.6 Å². The van der Waals surface area contributed by atoms with Gasteiger partial charge < -0.3 is 15.5 Å². The fourth-order valence-electron chi connectivity index (χ4n) is 3.37. The lowest BCUT2D eigenvalue weighted by Gasteiger charge is -2.40. The van der Waals surface area contributed by atoms with Crippen molar-refractivity contribution in [2.45, 2.75) is 44.0 Å². The molecule has 2 heterocycles. The molecule has 1 fully saturated rings. The van der Waals surface area contributed by atoms with Gasteiger partial charge in [-0.05, 0) is 44.5 Å². The van der Waals surface area contributed by atoms with Crippen LogP contribution in [-0.4, -0.2) is 45.3 Å². The van der Waals surface area contributed by atoms with Crippen molar-refractivity contribution in [2.75, 3.05) is 18.4 Å². The summed E-state index contributed by atoms with van der Waals surface area (Å²) in [4.78, 5) is 33.1. The minimum Gasteiger partial charge on any atom is -0.352 e. The molecular formula is C20H24F5N5O2S. The van der Waals surface area contributed by atoms with Crippen LogP contribution in [0.3, 0.4) is 0 Å². The monoisotopic (exact) mass is 493 g/mol. The molecule has 1 aliphatic rings. The van der Waals surface area contributed by atoms with Gasteiger partial charge in [0.1, 0.15) is 16.1 Å². The molecule has 0 aliphatic carbocycles. The van der Waals surface area contributed by atoms with Crippen LogP contribution in [-0.2, 0) is 11.2 Å². The van der Waals surface area contributed by atoms with E-state index >= 15 is 0 Å². The zero-order valence-electron chi connectivity index (χ0n) is 18.2. The average Bonchev–Trinajstić information content (AvgIpc) is 2.70. The van der Waals surface area contributed by atoms with Gasteiger partial charge in [-0.3, -0.25) is 9.59 Å². The maximum absolute atomic E-state index is 13.0. The van der Waals surface area contributed by atoms with Gasteiger partial charge in [0.15, 0.2) is 5.82 Å². The van der Waals surface area contributed by atoms with Gasteiger partial charge in [0.25, 0.3) is 5.91 Å². The topological polar surface area (TPSA) is 87.2 Å². The van der Waals surface area contributed by atoms with Gasteiger partial charge in [0.05, 0.1) is 11.9 Å². The summed E-state index contributed by atoms with van der Waals surface area (Å²) in [5.41, 5.74) is -0.591. The Bertz CT molecular complexity index is 1090. The first-order valence-corrected chi connectivity index (χ1v) is 12.1. The van der Waals surface area contributed by atoms with Crippen LogP contribution >= 0.6 is 10.2 Å². The van der Waals surface area contributed by atoms with Crippen molar-refractivity contribution >= 4 is 33.5 Å². The lowest BCUT2D eigenvalue weighted by atomic mass is 9.98. The van der Waals surface area contributed by atoms with Crippen molar-refractivity contribution in [3.05, 3.63) is 41.9 Å². The Morgan fingerprint density at radius 2 is 1.82 bits per heavy atom. The van der Waals surface area contributed by atoms with Crippen molar-refractivity contribution in [3.63, 3.8) is 0 Å². The van der Waals surface area contributed by atoms with Crippen LogP contribution in [0.4, 0.5) is 30.9 Å². The number of anilines is 2. The summed E-state index contributed by atoms with van der Waals surface area (Å²) in [6.07, 6.45) is 2.22. The number of carbonyl (C=O) groups is 2. The second kappa shape index (κ2) is 7.54. The number of aromatic nitrogens is 2. The minimum absolute atomic E-state index is 0.0167. The molecule has 1 aromatic carbocycles. The molecule has 0 spiro atoms. The summed E-state index contributed by atoms with van der Waals surface area (Å²) in [5.74, 6) is -0.590. The first-order valence-electron chi connectivity index (χ1n) is 10.1. The highest BCUT2D eigenvalue weighted by Crippen LogP contribution is 3.02. The highest BCUT2D eigenvalue weighted by molar-refractivity contribution is 8.45. The van der Waals surface area contributed by atoms with E-state index in [0.717, 1.165) is 12.1 Å². The molecular weight excluding hydrogens is 469 g/mol. The van der Waals surface area contributed by atoms with Crippen LogP contribution in [0.2, 0.25) is 0 Å². The number of piperazine rings is 1. The largest absolute Gasteiger partial charge is 0.352 e. The van der Waals surface area contributed by atoms with E-state index in [1.807, 2.05) is 6.92 Å². The summed E-state index contributed by atoms with van der Waals surface area (Å²) < 4.78 is 64.6. The average molecular weight is 494 g/mol. The third kappa shape index (κ3) is 5.34. The number of aryl methyl sites for hydroxylation is 1. The molecule has 13 heteroatoms. The van der Waals surface area contributed by atoms with Crippen LogP contribution in [0.1, 0.15) is 43.4 Å². The maximum Gasteiger partial charge on any atom is 0.310 e. The molecule has 2 N–H and O–H groups in total. The van der Waals surface area contributed by atoms with E-state index in [0.29, 0.717) is 43.8 Å². The van der Waals surface area contributed by atoms with Gasteiger partial charge in [-0.25, -0.2) is 9.97 Å². The van der Waals surface area contributed by atoms with Gasteiger partial charge in [0.2, 0.25) is 5.91 Å². The minimum atomic E-state index is -9.76. The van der Waals surface area contributed by atoms with Gasteiger partial charge in [-0.2, -0.15) is 0 Å². The molecule has 1 aliphatic heterocycles. The van der Waals surface area contributed by atoms with Gasteiger partial charge in [-0.15, -0.1) is 0 Å². The Balaban J connectivity index is 1.88. The first-order chi connectivity index (χ1) is 15.0. The molecule has 0 atom stereocenters. The molecule has 33 heavy (non-hydrogen) atoms. The number of nitrogens with one attached hydrogen (secondary N) is 2. The van der Waals surface area contributed by atoms with Crippen LogP contribution in [0.15, 0.2) is 35.4 Å². The number of nitrogens with zero attached hydrogens (tertiary/aromatic N) is 3. The number of hydrogen-bond donors (Lipinski definition) is 2. The van der Waals surface area contributed by atoms with Crippen molar-refractivity contribution in [2.24, 2.45) is 0 Å². The van der Waals surface area contributed by atoms with Crippen molar-refractivity contribution in [1.82, 2.24) is 20.2 Å². The highest BCUT2D eigenvalue weighted by atomic mass is 32.5. The molecule has 2 aromatic rings. The predicted molar refractivity (Wildman–Crippen MR) is 115 cm³/mol. The molecule has 0 saturated carbocycles. The molecule has 0 radical (unpaired) electrons. The number of rotatable bonds is 6. The van der Waals surface area contributed by atoms with E-state index in [4.69, 9.17) is 0 Å². The van der Waals surface area contributed by atoms with E-state index < -0.39 is 26.6 Å². The second-order valence-electron chi connectivity index (χ2n) is 8.19. The van der Waals surface area contributed by atoms with Crippen LogP contribution < -0.4 is 10.6 Å². The van der Waals surface area contributed by atoms with Gasteiger partial charge >= 0.3 is 10.2 Å². The Kier molecular flexibility index (Phi) is 5.64. The number of amides is 2. The molecule has 2 amide bonds. The Morgan fingerprint density at radius 3 is 2.39 bits per heavy atom. The third-order valence-corrected chi connectivity index (χ3v) is 6.37. The zero-order chi connectivity index (χ0) is 24.7. The van der Waals surface area contributed by atoms with Crippen molar-refractivity contribution < 1.29 is 29.0 Å². The molecule has 0 unspecified atom stereocenters. The summed E-state index contributed by atoms with van der Waals surface area (Å²) in [5, 5.41) is 5.47. The Labute approximate surface area is 187 Å². The lowest BCUT2D eigenvalue weighted by Crippen LogP contribution is -2.63. The van der Waals surface area contributed by atoms with Gasteiger partial charge in [-0.1, -0.05) is 32.8 Å². The summed E-state index contributed by atoms with van der Waals surface area (Å²) in [6, 6.07) is 2.35. The third-order valence-electron chi connectivity index (χ3n) is 5.21. The smallest absolute Gasteiger partial charge is 0.310 e. The molecule has 1 saturated heterocycles. The van der Waals surface area contributed by atoms with Gasteiger partial charge in [0, 0.05) is 18.8 Å². The highest BCUT2D eigenvalue weighted by Gasteiger charge is 2.65. The quantitative estimate of drug-likeness (QED) is 0.542. The van der Waals surface area contributed by atoms with E-state index in [-0.39, 0.29) is 23.1 Å². The van der Waals surface area contributed by atoms with E-state index in [9.17, 15) is 29.0 Å². The lowest BCUT2D eigenvalue weighted by molar-refractivity contribution is -0.133. The molecule has 0 bridgehead atoms. The predicted octanol–water partition coefficient (Wildman–Crippen LogP) is 5.18. The van der Waals surface area contributed by atoms with Crippen molar-refractivity contribution in [1.29, 1.82) is 0 Å². The Hall–Kier alpha value is -2.96. The maximum atomic E-state index is 13.0. The Morgan fingerprint density at radius 1 is 1.18 bits per heavy atom. The summed E-state index contributed by atoms with van der Waals surface area (Å²) in [7, 11) is -9.76. The normalized spacial score (nSPS) is 18.2. The fourth-order valence-corrected chi connectivity index (χ4v) is 4.02. The zero-order valence-corrected chi connectivity index (χ0v) is 19.0. The van der Waals surface area contributed by atoms with E-state index in [1.165, 1.54) is 11.1 Å². The molecule has 7 nitrogen and oxygen atoms in total. The van der Waals surface area contributed by atoms with Crippen LogP contribution in [0, 0.1) is 0 Å². The number of halogens is 5. The number of hydrogen-bond acceptors (Lipinski definition) is 5. The number of carbonyl (C=O) groups excluding carboxylic acids is 2. The van der Waals surface area contributed by atoms with Crippen molar-refractivity contribution in [3.8, 4) is 0 Å². The molecule has 1 aromatic heterocycles. The first kappa shape index (κ1) is 24.7. The standard InChI is InChI=1S/C20H24F5N5O2S/c1-4-5-15-17(28-13-6-8-14(9-7-13)33(21,22,23,24)25)27-12-16(29-15)18(31)30-11-10-26-19(32)20(30,2)3/h6-9,12H,4-5,10-11H2,1-3H3,(H,26,32)(H,27,28). The molecule has 3 rings (SSSR count). The second-order valence-corrected chi connectivity index (χ2v) is 10.6. The SMILES string of the molecule is CCCc1nc(C(=O)N2CCNC(=O)C2(C)C)cnc1Nc1ccc(S(F)(F)(F)(F)F)cc1.